The molecule has 2 aromatic carbocycles. The number of aromatic amines is 1. The molecule has 1 fully saturated rings. The lowest BCUT2D eigenvalue weighted by Gasteiger charge is -2.18. The molecule has 1 aliphatic rings. The van der Waals surface area contributed by atoms with E-state index in [-0.39, 0.29) is 5.82 Å². The quantitative estimate of drug-likeness (QED) is 0.751. The summed E-state index contributed by atoms with van der Waals surface area (Å²) in [5.74, 6) is 1.18. The van der Waals surface area contributed by atoms with Gasteiger partial charge in [0.15, 0.2) is 0 Å². The molecule has 3 nitrogen and oxygen atoms in total. The van der Waals surface area contributed by atoms with Gasteiger partial charge in [0.1, 0.15) is 11.6 Å². The fraction of sp³-hybridized carbons (Fsp3) is 0.250. The van der Waals surface area contributed by atoms with Gasteiger partial charge in [0.2, 0.25) is 0 Å². The summed E-state index contributed by atoms with van der Waals surface area (Å²) < 4.78 is 19.3. The monoisotopic (exact) mass is 322 g/mol. The van der Waals surface area contributed by atoms with Crippen LogP contribution in [0.25, 0.3) is 28.2 Å². The lowest BCUT2D eigenvalue weighted by molar-refractivity contribution is 0.0787. The van der Waals surface area contributed by atoms with Crippen molar-refractivity contribution in [2.75, 3.05) is 13.2 Å². The minimum atomic E-state index is -0.212. The summed E-state index contributed by atoms with van der Waals surface area (Å²) >= 11 is 0. The molecule has 4 heteroatoms. The molecular weight excluding hydrogens is 303 g/mol. The second kappa shape index (κ2) is 6.57. The predicted molar refractivity (Wildman–Crippen MR) is 94.1 cm³/mol. The van der Waals surface area contributed by atoms with Crippen molar-refractivity contribution >= 4 is 17.1 Å². The number of fused-ring (bicyclic) bond motifs is 1. The molecular formula is C20H19FN2O. The summed E-state index contributed by atoms with van der Waals surface area (Å²) in [4.78, 5) is 7.90. The van der Waals surface area contributed by atoms with E-state index in [2.05, 4.69) is 16.0 Å². The molecule has 24 heavy (non-hydrogen) atoms. The normalized spacial score (nSPS) is 16.2. The Balaban J connectivity index is 1.61. The van der Waals surface area contributed by atoms with Crippen LogP contribution in [0.4, 0.5) is 4.39 Å². The maximum Gasteiger partial charge on any atom is 0.131 e. The molecule has 0 radical (unpaired) electrons. The first-order valence-corrected chi connectivity index (χ1v) is 8.30. The number of ether oxygens (including phenoxy) is 1. The lowest BCUT2D eigenvalue weighted by atomic mass is 10.00. The molecule has 3 aromatic rings. The molecule has 1 N–H and O–H groups in total. The molecule has 0 bridgehead atoms. The molecule has 0 atom stereocenters. The number of hydrogen-bond acceptors (Lipinski definition) is 2. The number of allylic oxidation sites excluding steroid dienone is 1. The molecule has 0 unspecified atom stereocenters. The average Bonchev–Trinajstić information content (AvgIpc) is 3.03. The van der Waals surface area contributed by atoms with E-state index in [9.17, 15) is 4.39 Å². The van der Waals surface area contributed by atoms with Gasteiger partial charge in [-0.05, 0) is 48.6 Å². The molecule has 122 valence electrons. The number of imidazole rings is 1. The van der Waals surface area contributed by atoms with Gasteiger partial charge in [-0.15, -0.1) is 0 Å². The number of halogens is 1. The van der Waals surface area contributed by atoms with Crippen molar-refractivity contribution in [1.82, 2.24) is 9.97 Å². The molecule has 1 aliphatic heterocycles. The molecule has 2 heterocycles. The Morgan fingerprint density at radius 2 is 1.96 bits per heavy atom. The van der Waals surface area contributed by atoms with Gasteiger partial charge in [0.25, 0.3) is 0 Å². The zero-order valence-electron chi connectivity index (χ0n) is 13.3. The van der Waals surface area contributed by atoms with Gasteiger partial charge < -0.3 is 9.72 Å². The Bertz CT molecular complexity index is 878. The van der Waals surface area contributed by atoms with Crippen LogP contribution in [0.1, 0.15) is 18.7 Å². The smallest absolute Gasteiger partial charge is 0.131 e. The molecule has 4 rings (SSSR count). The lowest BCUT2D eigenvalue weighted by Crippen LogP contribution is -2.13. The Kier molecular flexibility index (Phi) is 4.13. The van der Waals surface area contributed by atoms with E-state index >= 15 is 0 Å². The Morgan fingerprint density at radius 1 is 1.12 bits per heavy atom. The van der Waals surface area contributed by atoms with E-state index in [1.165, 1.54) is 6.07 Å². The summed E-state index contributed by atoms with van der Waals surface area (Å²) in [6, 6.07) is 12.6. The van der Waals surface area contributed by atoms with Crippen LogP contribution in [-0.4, -0.2) is 23.2 Å². The van der Waals surface area contributed by atoms with E-state index in [0.717, 1.165) is 48.5 Å². The standard InChI is InChI=1S/C20H19FN2O/c21-17-4-2-1-3-16(17)15-6-7-18-19(13-15)23-20(22-18)8-5-14-9-11-24-12-10-14/h1-8,13-14H,9-12H2,(H,22,23). The van der Waals surface area contributed by atoms with E-state index in [1.807, 2.05) is 30.3 Å². The largest absolute Gasteiger partial charge is 0.381 e. The molecule has 0 amide bonds. The zero-order chi connectivity index (χ0) is 16.4. The van der Waals surface area contributed by atoms with Gasteiger partial charge >= 0.3 is 0 Å². The van der Waals surface area contributed by atoms with Gasteiger partial charge in [-0.25, -0.2) is 9.37 Å². The summed E-state index contributed by atoms with van der Waals surface area (Å²) in [7, 11) is 0. The van der Waals surface area contributed by atoms with Gasteiger partial charge in [-0.3, -0.25) is 0 Å². The van der Waals surface area contributed by atoms with Crippen LogP contribution in [0.5, 0.6) is 0 Å². The van der Waals surface area contributed by atoms with Crippen LogP contribution < -0.4 is 0 Å². The average molecular weight is 322 g/mol. The van der Waals surface area contributed by atoms with Gasteiger partial charge in [-0.2, -0.15) is 0 Å². The molecule has 0 aliphatic carbocycles. The Morgan fingerprint density at radius 3 is 2.79 bits per heavy atom. The van der Waals surface area contributed by atoms with Crippen molar-refractivity contribution in [2.45, 2.75) is 12.8 Å². The highest BCUT2D eigenvalue weighted by atomic mass is 19.1. The van der Waals surface area contributed by atoms with Crippen LogP contribution >= 0.6 is 0 Å². The highest BCUT2D eigenvalue weighted by Gasteiger charge is 2.11. The number of hydrogen-bond donors (Lipinski definition) is 1. The second-order valence-electron chi connectivity index (χ2n) is 6.14. The van der Waals surface area contributed by atoms with E-state index in [1.54, 1.807) is 12.1 Å². The van der Waals surface area contributed by atoms with Crippen molar-refractivity contribution in [3.05, 3.63) is 60.2 Å². The van der Waals surface area contributed by atoms with E-state index in [4.69, 9.17) is 4.74 Å². The molecule has 1 aromatic heterocycles. The van der Waals surface area contributed by atoms with Crippen LogP contribution in [0.3, 0.4) is 0 Å². The van der Waals surface area contributed by atoms with Crippen LogP contribution in [0, 0.1) is 11.7 Å². The summed E-state index contributed by atoms with van der Waals surface area (Å²) in [6.07, 6.45) is 6.37. The van der Waals surface area contributed by atoms with Gasteiger partial charge in [0, 0.05) is 18.8 Å². The summed E-state index contributed by atoms with van der Waals surface area (Å²) in [5, 5.41) is 0. The first kappa shape index (κ1) is 15.1. The Labute approximate surface area is 140 Å². The minimum Gasteiger partial charge on any atom is -0.381 e. The fourth-order valence-electron chi connectivity index (χ4n) is 3.11. The zero-order valence-corrected chi connectivity index (χ0v) is 13.3. The highest BCUT2D eigenvalue weighted by Crippen LogP contribution is 2.26. The third-order valence-electron chi connectivity index (χ3n) is 4.48. The molecule has 1 saturated heterocycles. The number of nitrogens with one attached hydrogen (secondary N) is 1. The highest BCUT2D eigenvalue weighted by molar-refractivity contribution is 5.83. The maximum atomic E-state index is 14.0. The number of rotatable bonds is 3. The number of aromatic nitrogens is 2. The van der Waals surface area contributed by atoms with Crippen LogP contribution in [0.15, 0.2) is 48.5 Å². The summed E-state index contributed by atoms with van der Waals surface area (Å²) in [5.41, 5.74) is 3.27. The predicted octanol–water partition coefficient (Wildman–Crippen LogP) is 4.81. The van der Waals surface area contributed by atoms with Gasteiger partial charge in [0.05, 0.1) is 11.0 Å². The SMILES string of the molecule is Fc1ccccc1-c1ccc2nc(C=CC3CCOCC3)[nH]c2c1. The number of H-pyrrole nitrogens is 1. The first-order chi connectivity index (χ1) is 11.8. The molecule has 0 saturated carbocycles. The number of benzene rings is 2. The van der Waals surface area contributed by atoms with E-state index in [0.29, 0.717) is 11.5 Å². The van der Waals surface area contributed by atoms with Crippen molar-refractivity contribution in [2.24, 2.45) is 5.92 Å². The topological polar surface area (TPSA) is 37.9 Å². The van der Waals surface area contributed by atoms with E-state index < -0.39 is 0 Å². The third kappa shape index (κ3) is 3.10. The third-order valence-corrected chi connectivity index (χ3v) is 4.48. The van der Waals surface area contributed by atoms with Crippen molar-refractivity contribution in [3.63, 3.8) is 0 Å². The van der Waals surface area contributed by atoms with Crippen LogP contribution in [-0.2, 0) is 4.74 Å². The van der Waals surface area contributed by atoms with Crippen molar-refractivity contribution < 1.29 is 9.13 Å². The fourth-order valence-corrected chi connectivity index (χ4v) is 3.11. The van der Waals surface area contributed by atoms with Crippen molar-refractivity contribution in [3.8, 4) is 11.1 Å². The molecule has 0 spiro atoms. The van der Waals surface area contributed by atoms with Gasteiger partial charge in [-0.1, -0.05) is 30.3 Å². The maximum absolute atomic E-state index is 14.0. The Hall–Kier alpha value is -2.46. The summed E-state index contributed by atoms with van der Waals surface area (Å²) in [6.45, 7) is 1.67. The van der Waals surface area contributed by atoms with Crippen molar-refractivity contribution in [1.29, 1.82) is 0 Å². The van der Waals surface area contributed by atoms with Crippen LogP contribution in [0.2, 0.25) is 0 Å². The first-order valence-electron chi connectivity index (χ1n) is 8.30. The number of nitrogens with zero attached hydrogens (tertiary/aromatic N) is 1. The second-order valence-corrected chi connectivity index (χ2v) is 6.14. The minimum absolute atomic E-state index is 0.212.